The molecule has 0 radical (unpaired) electrons. The van der Waals surface area contributed by atoms with Gasteiger partial charge in [0.25, 0.3) is 0 Å². The molecular weight excluding hydrogens is 222 g/mol. The number of esters is 1. The van der Waals surface area contributed by atoms with Crippen molar-refractivity contribution in [2.24, 2.45) is 11.7 Å². The lowest BCUT2D eigenvalue weighted by molar-refractivity contribution is -0.148. The van der Waals surface area contributed by atoms with Crippen molar-refractivity contribution in [3.63, 3.8) is 0 Å². The summed E-state index contributed by atoms with van der Waals surface area (Å²) in [7, 11) is 0. The third-order valence-corrected chi connectivity index (χ3v) is 4.48. The molecular formula is C12H23NO2S. The predicted molar refractivity (Wildman–Crippen MR) is 68.5 cm³/mol. The first kappa shape index (κ1) is 13.8. The molecule has 0 aliphatic heterocycles. The van der Waals surface area contributed by atoms with Gasteiger partial charge in [-0.05, 0) is 38.4 Å². The second-order valence-electron chi connectivity index (χ2n) is 4.80. The van der Waals surface area contributed by atoms with Crippen LogP contribution < -0.4 is 5.73 Å². The molecule has 0 aromatic carbocycles. The molecule has 0 bridgehead atoms. The molecule has 1 aliphatic rings. The second-order valence-corrected chi connectivity index (χ2v) is 5.83. The van der Waals surface area contributed by atoms with Crippen molar-refractivity contribution in [3.8, 4) is 0 Å². The molecule has 1 fully saturated rings. The van der Waals surface area contributed by atoms with Crippen LogP contribution in [0.15, 0.2) is 0 Å². The van der Waals surface area contributed by atoms with Gasteiger partial charge in [-0.25, -0.2) is 0 Å². The first-order valence-electron chi connectivity index (χ1n) is 6.10. The van der Waals surface area contributed by atoms with Gasteiger partial charge in [-0.2, -0.15) is 11.8 Å². The Balaban J connectivity index is 2.21. The molecule has 1 unspecified atom stereocenters. The normalized spacial score (nSPS) is 20.7. The summed E-state index contributed by atoms with van der Waals surface area (Å²) < 4.78 is 4.95. The minimum atomic E-state index is -0.834. The molecule has 3 nitrogen and oxygen atoms in total. The molecule has 1 rings (SSSR count). The standard InChI is InChI=1S/C12H23NO2S/c1-3-15-11(14)12(2,13)9-16-8-10-6-4-5-7-10/h10H,3-9,13H2,1-2H3. The molecule has 16 heavy (non-hydrogen) atoms. The maximum atomic E-state index is 11.5. The number of thioether (sulfide) groups is 1. The molecule has 1 saturated carbocycles. The van der Waals surface area contributed by atoms with E-state index in [9.17, 15) is 4.79 Å². The van der Waals surface area contributed by atoms with Gasteiger partial charge < -0.3 is 10.5 Å². The molecule has 0 saturated heterocycles. The van der Waals surface area contributed by atoms with Crippen LogP contribution >= 0.6 is 11.8 Å². The van der Waals surface area contributed by atoms with Crippen LogP contribution in [0.3, 0.4) is 0 Å². The predicted octanol–water partition coefficient (Wildman–Crippen LogP) is 2.19. The highest BCUT2D eigenvalue weighted by molar-refractivity contribution is 7.99. The SMILES string of the molecule is CCOC(=O)C(C)(N)CSCC1CCCC1. The molecule has 4 heteroatoms. The smallest absolute Gasteiger partial charge is 0.326 e. The lowest BCUT2D eigenvalue weighted by atomic mass is 10.1. The van der Waals surface area contributed by atoms with Crippen LogP contribution in [0, 0.1) is 5.92 Å². The third-order valence-electron chi connectivity index (χ3n) is 2.97. The van der Waals surface area contributed by atoms with E-state index in [1.54, 1.807) is 25.6 Å². The van der Waals surface area contributed by atoms with E-state index in [0.29, 0.717) is 12.4 Å². The van der Waals surface area contributed by atoms with E-state index in [0.717, 1.165) is 11.7 Å². The number of hydrogen-bond acceptors (Lipinski definition) is 4. The monoisotopic (exact) mass is 245 g/mol. The summed E-state index contributed by atoms with van der Waals surface area (Å²) in [6, 6.07) is 0. The largest absolute Gasteiger partial charge is 0.465 e. The Morgan fingerprint density at radius 2 is 2.12 bits per heavy atom. The Hall–Kier alpha value is -0.220. The fourth-order valence-electron chi connectivity index (χ4n) is 1.97. The fraction of sp³-hybridized carbons (Fsp3) is 0.917. The molecule has 0 spiro atoms. The van der Waals surface area contributed by atoms with Crippen molar-refractivity contribution in [2.45, 2.75) is 45.1 Å². The van der Waals surface area contributed by atoms with Gasteiger partial charge in [0.05, 0.1) is 6.61 Å². The fourth-order valence-corrected chi connectivity index (χ4v) is 3.30. The number of hydrogen-bond donors (Lipinski definition) is 1. The summed E-state index contributed by atoms with van der Waals surface area (Å²) in [4.78, 5) is 11.5. The summed E-state index contributed by atoms with van der Waals surface area (Å²) in [6.07, 6.45) is 5.41. The first-order valence-corrected chi connectivity index (χ1v) is 7.25. The summed E-state index contributed by atoms with van der Waals surface area (Å²) >= 11 is 1.79. The van der Waals surface area contributed by atoms with Crippen LogP contribution in [-0.2, 0) is 9.53 Å². The maximum absolute atomic E-state index is 11.5. The van der Waals surface area contributed by atoms with Crippen LogP contribution in [-0.4, -0.2) is 29.6 Å². The second kappa shape index (κ2) is 6.50. The topological polar surface area (TPSA) is 52.3 Å². The van der Waals surface area contributed by atoms with Crippen molar-refractivity contribution >= 4 is 17.7 Å². The molecule has 1 atom stereocenters. The number of ether oxygens (including phenoxy) is 1. The number of carbonyl (C=O) groups excluding carboxylic acids is 1. The highest BCUT2D eigenvalue weighted by atomic mass is 32.2. The van der Waals surface area contributed by atoms with E-state index >= 15 is 0 Å². The van der Waals surface area contributed by atoms with Gasteiger partial charge in [-0.15, -0.1) is 0 Å². The quantitative estimate of drug-likeness (QED) is 0.729. The number of carbonyl (C=O) groups is 1. The zero-order valence-corrected chi connectivity index (χ0v) is 11.1. The van der Waals surface area contributed by atoms with E-state index in [1.165, 1.54) is 25.7 Å². The zero-order valence-electron chi connectivity index (χ0n) is 10.3. The first-order chi connectivity index (χ1) is 7.56. The molecule has 0 aromatic rings. The van der Waals surface area contributed by atoms with Crippen LogP contribution in [0.1, 0.15) is 39.5 Å². The molecule has 1 aliphatic carbocycles. The summed E-state index contributed by atoms with van der Waals surface area (Å²) in [6.45, 7) is 3.96. The summed E-state index contributed by atoms with van der Waals surface area (Å²) in [5.74, 6) is 2.34. The number of nitrogens with two attached hydrogens (primary N) is 1. The van der Waals surface area contributed by atoms with E-state index in [4.69, 9.17) is 10.5 Å². The van der Waals surface area contributed by atoms with Crippen molar-refractivity contribution in [1.82, 2.24) is 0 Å². The third kappa shape index (κ3) is 4.34. The maximum Gasteiger partial charge on any atom is 0.326 e. The van der Waals surface area contributed by atoms with E-state index < -0.39 is 5.54 Å². The minimum Gasteiger partial charge on any atom is -0.465 e. The van der Waals surface area contributed by atoms with Gasteiger partial charge in [0.2, 0.25) is 0 Å². The van der Waals surface area contributed by atoms with Crippen LogP contribution in [0.5, 0.6) is 0 Å². The Labute approximate surface area is 102 Å². The van der Waals surface area contributed by atoms with Gasteiger partial charge in [-0.3, -0.25) is 4.79 Å². The Morgan fingerprint density at radius 1 is 1.50 bits per heavy atom. The van der Waals surface area contributed by atoms with Crippen LogP contribution in [0.25, 0.3) is 0 Å². The van der Waals surface area contributed by atoms with E-state index in [-0.39, 0.29) is 5.97 Å². The van der Waals surface area contributed by atoms with E-state index in [2.05, 4.69) is 0 Å². The Morgan fingerprint density at radius 3 is 2.69 bits per heavy atom. The summed E-state index contributed by atoms with van der Waals surface area (Å²) in [5.41, 5.74) is 5.10. The molecule has 0 heterocycles. The van der Waals surface area contributed by atoms with Crippen molar-refractivity contribution in [2.75, 3.05) is 18.1 Å². The molecule has 0 amide bonds. The van der Waals surface area contributed by atoms with Crippen molar-refractivity contribution in [3.05, 3.63) is 0 Å². The van der Waals surface area contributed by atoms with Gasteiger partial charge in [0.1, 0.15) is 5.54 Å². The Kier molecular flexibility index (Phi) is 5.62. The minimum absolute atomic E-state index is 0.283. The zero-order chi connectivity index (χ0) is 12.0. The molecule has 0 aromatic heterocycles. The van der Waals surface area contributed by atoms with Crippen LogP contribution in [0.4, 0.5) is 0 Å². The van der Waals surface area contributed by atoms with Crippen molar-refractivity contribution in [1.29, 1.82) is 0 Å². The van der Waals surface area contributed by atoms with E-state index in [1.807, 2.05) is 0 Å². The van der Waals surface area contributed by atoms with Crippen molar-refractivity contribution < 1.29 is 9.53 Å². The van der Waals surface area contributed by atoms with Gasteiger partial charge in [0.15, 0.2) is 0 Å². The van der Waals surface area contributed by atoms with Gasteiger partial charge in [-0.1, -0.05) is 12.8 Å². The lowest BCUT2D eigenvalue weighted by Crippen LogP contribution is -2.48. The van der Waals surface area contributed by atoms with Gasteiger partial charge in [0, 0.05) is 5.75 Å². The Bertz CT molecular complexity index is 225. The summed E-state index contributed by atoms with van der Waals surface area (Å²) in [5, 5.41) is 0. The highest BCUT2D eigenvalue weighted by Gasteiger charge is 2.30. The number of rotatable bonds is 6. The molecule has 2 N–H and O–H groups in total. The highest BCUT2D eigenvalue weighted by Crippen LogP contribution is 2.28. The van der Waals surface area contributed by atoms with Crippen LogP contribution in [0.2, 0.25) is 0 Å². The average molecular weight is 245 g/mol. The average Bonchev–Trinajstić information content (AvgIpc) is 2.70. The molecule has 94 valence electrons. The lowest BCUT2D eigenvalue weighted by Gasteiger charge is -2.22. The van der Waals surface area contributed by atoms with Gasteiger partial charge >= 0.3 is 5.97 Å².